The maximum absolute atomic E-state index is 10.7. The van der Waals surface area contributed by atoms with E-state index in [2.05, 4.69) is 0 Å². The van der Waals surface area contributed by atoms with Gasteiger partial charge in [-0.05, 0) is 0 Å². The third-order valence-corrected chi connectivity index (χ3v) is 3.62. The van der Waals surface area contributed by atoms with Crippen LogP contribution in [-0.2, 0) is 14.3 Å². The van der Waals surface area contributed by atoms with Gasteiger partial charge in [-0.2, -0.15) is 0 Å². The van der Waals surface area contributed by atoms with Crippen LogP contribution < -0.4 is 0 Å². The summed E-state index contributed by atoms with van der Waals surface area (Å²) in [4.78, 5) is 10.7. The fourth-order valence-corrected chi connectivity index (χ4v) is 2.16. The second-order valence-corrected chi connectivity index (χ2v) is 5.32. The summed E-state index contributed by atoms with van der Waals surface area (Å²) < 4.78 is 9.98. The van der Waals surface area contributed by atoms with Crippen LogP contribution >= 0.6 is 0 Å². The molecule has 0 aromatic heterocycles. The predicted molar refractivity (Wildman–Crippen MR) is 71.4 cm³/mol. The quantitative estimate of drug-likeness (QED) is 0.198. The number of aliphatic hydroxyl groups is 8. The van der Waals surface area contributed by atoms with E-state index in [9.17, 15) is 35.4 Å². The number of hydrogen-bond donors (Lipinski definition) is 9. The van der Waals surface area contributed by atoms with Crippen LogP contribution in [0.2, 0.25) is 0 Å². The number of ether oxygens (including phenoxy) is 2. The highest BCUT2D eigenvalue weighted by Crippen LogP contribution is 2.24. The second kappa shape index (κ2) is 8.96. The molecule has 9 N–H and O–H groups in total. The van der Waals surface area contributed by atoms with E-state index in [-0.39, 0.29) is 0 Å². The van der Waals surface area contributed by atoms with Crippen LogP contribution in [0.15, 0.2) is 0 Å². The Labute approximate surface area is 135 Å². The van der Waals surface area contributed by atoms with E-state index < -0.39 is 74.3 Å². The van der Waals surface area contributed by atoms with E-state index in [4.69, 9.17) is 24.8 Å². The average Bonchev–Trinajstić information content (AvgIpc) is 2.57. The van der Waals surface area contributed by atoms with E-state index in [0.717, 1.165) is 0 Å². The molecule has 0 aromatic carbocycles. The average molecular weight is 358 g/mol. The Kier molecular flexibility index (Phi) is 7.88. The molecule has 1 saturated heterocycles. The van der Waals surface area contributed by atoms with Gasteiger partial charge < -0.3 is 55.4 Å². The third kappa shape index (κ3) is 4.58. The summed E-state index contributed by atoms with van der Waals surface area (Å²) in [6.45, 7) is -1.76. The van der Waals surface area contributed by atoms with Gasteiger partial charge in [-0.25, -0.2) is 4.79 Å². The summed E-state index contributed by atoms with van der Waals surface area (Å²) in [5, 5.41) is 84.5. The summed E-state index contributed by atoms with van der Waals surface area (Å²) in [6, 6.07) is 0. The smallest absolute Gasteiger partial charge is 0.335 e. The van der Waals surface area contributed by atoms with Gasteiger partial charge in [0.2, 0.25) is 0 Å². The summed E-state index contributed by atoms with van der Waals surface area (Å²) in [6.07, 6.45) is -16.9. The highest BCUT2D eigenvalue weighted by Gasteiger charge is 2.47. The molecule has 0 amide bonds. The van der Waals surface area contributed by atoms with Crippen LogP contribution in [0.1, 0.15) is 0 Å². The number of rotatable bonds is 8. The molecule has 0 spiro atoms. The lowest BCUT2D eigenvalue weighted by Gasteiger charge is -2.42. The van der Waals surface area contributed by atoms with E-state index in [0.29, 0.717) is 0 Å². The highest BCUT2D eigenvalue weighted by molar-refractivity contribution is 5.72. The third-order valence-electron chi connectivity index (χ3n) is 3.62. The molecule has 12 heteroatoms. The first-order valence-electron chi connectivity index (χ1n) is 6.99. The molecular weight excluding hydrogens is 336 g/mol. The van der Waals surface area contributed by atoms with Crippen molar-refractivity contribution < 1.29 is 60.2 Å². The Morgan fingerprint density at radius 3 is 2.08 bits per heavy atom. The number of carbonyl (C=O) groups is 1. The van der Waals surface area contributed by atoms with Crippen LogP contribution in [-0.4, -0.2) is 120 Å². The Morgan fingerprint density at radius 1 is 1.04 bits per heavy atom. The van der Waals surface area contributed by atoms with Crippen LogP contribution in [0.4, 0.5) is 0 Å². The molecule has 0 radical (unpaired) electrons. The van der Waals surface area contributed by atoms with Crippen molar-refractivity contribution in [3.05, 3.63) is 0 Å². The first kappa shape index (κ1) is 21.1. The van der Waals surface area contributed by atoms with Crippen molar-refractivity contribution in [3.8, 4) is 0 Å². The summed E-state index contributed by atoms with van der Waals surface area (Å²) in [7, 11) is 0. The summed E-state index contributed by atoms with van der Waals surface area (Å²) in [5.74, 6) is -1.84. The molecule has 4 unspecified atom stereocenters. The molecular formula is C12H22O12. The van der Waals surface area contributed by atoms with Gasteiger partial charge in [0, 0.05) is 0 Å². The number of hydrogen-bond acceptors (Lipinski definition) is 11. The van der Waals surface area contributed by atoms with Crippen molar-refractivity contribution in [2.45, 2.75) is 55.1 Å². The summed E-state index contributed by atoms with van der Waals surface area (Å²) >= 11 is 0. The van der Waals surface area contributed by atoms with Crippen LogP contribution in [0.25, 0.3) is 0 Å². The van der Waals surface area contributed by atoms with Gasteiger partial charge in [-0.3, -0.25) is 0 Å². The van der Waals surface area contributed by atoms with Crippen molar-refractivity contribution in [3.63, 3.8) is 0 Å². The minimum Gasteiger partial charge on any atom is -0.479 e. The molecule has 24 heavy (non-hydrogen) atoms. The predicted octanol–water partition coefficient (Wildman–Crippen LogP) is -5.67. The Bertz CT molecular complexity index is 403. The second-order valence-electron chi connectivity index (χ2n) is 5.32. The lowest BCUT2D eigenvalue weighted by molar-refractivity contribution is -0.326. The standard InChI is InChI=1S/C12H22O12/c13-1-3(15)10(7(18)8(19)11(21)22)24-12-9(20)6(17)5(16)4(2-14)23-12/h3-10,12-20H,1-2H2,(H,21,22)/t3?,4?,5-,6+,7?,8-,9?,10+,12-/m0/s1. The first-order chi connectivity index (χ1) is 11.1. The minimum atomic E-state index is -2.39. The summed E-state index contributed by atoms with van der Waals surface area (Å²) in [5.41, 5.74) is 0. The maximum atomic E-state index is 10.7. The zero-order valence-corrected chi connectivity index (χ0v) is 12.4. The van der Waals surface area contributed by atoms with Crippen LogP contribution in [0.3, 0.4) is 0 Å². The molecule has 9 atom stereocenters. The van der Waals surface area contributed by atoms with Crippen molar-refractivity contribution >= 4 is 5.97 Å². The number of carboxylic acids is 1. The number of aliphatic carboxylic acids is 1. The van der Waals surface area contributed by atoms with Gasteiger partial charge in [0.25, 0.3) is 0 Å². The van der Waals surface area contributed by atoms with Gasteiger partial charge in [0.15, 0.2) is 12.4 Å². The normalized spacial score (nSPS) is 35.9. The van der Waals surface area contributed by atoms with Crippen LogP contribution in [0, 0.1) is 0 Å². The molecule has 0 aliphatic carbocycles. The van der Waals surface area contributed by atoms with Gasteiger partial charge in [-0.1, -0.05) is 0 Å². The highest BCUT2D eigenvalue weighted by atomic mass is 16.7. The van der Waals surface area contributed by atoms with Gasteiger partial charge in [0.1, 0.15) is 42.7 Å². The van der Waals surface area contributed by atoms with E-state index in [1.165, 1.54) is 0 Å². The zero-order chi connectivity index (χ0) is 18.6. The fourth-order valence-electron chi connectivity index (χ4n) is 2.16. The van der Waals surface area contributed by atoms with Gasteiger partial charge >= 0.3 is 5.97 Å². The first-order valence-corrected chi connectivity index (χ1v) is 6.99. The molecule has 1 aliphatic heterocycles. The SMILES string of the molecule is O=C(O)[C@@H](O)C(O)[C@H](O[C@@H]1OC(CO)[C@H](O)[C@@H](O)C1O)C(O)CO. The largest absolute Gasteiger partial charge is 0.479 e. The number of carboxylic acid groups (broad SMARTS) is 1. The van der Waals surface area contributed by atoms with E-state index in [1.807, 2.05) is 0 Å². The van der Waals surface area contributed by atoms with Crippen LogP contribution in [0.5, 0.6) is 0 Å². The van der Waals surface area contributed by atoms with Crippen molar-refractivity contribution in [2.75, 3.05) is 13.2 Å². The molecule has 142 valence electrons. The molecule has 1 heterocycles. The Balaban J connectivity index is 2.94. The van der Waals surface area contributed by atoms with Gasteiger partial charge in [0.05, 0.1) is 13.2 Å². The van der Waals surface area contributed by atoms with Crippen molar-refractivity contribution in [1.82, 2.24) is 0 Å². The fraction of sp³-hybridized carbons (Fsp3) is 0.917. The molecule has 12 nitrogen and oxygen atoms in total. The zero-order valence-electron chi connectivity index (χ0n) is 12.4. The molecule has 1 aliphatic rings. The molecule has 0 saturated carbocycles. The Morgan fingerprint density at radius 2 is 1.62 bits per heavy atom. The van der Waals surface area contributed by atoms with Gasteiger partial charge in [-0.15, -0.1) is 0 Å². The number of aliphatic hydroxyl groups excluding tert-OH is 8. The molecule has 0 bridgehead atoms. The lowest BCUT2D eigenvalue weighted by Crippen LogP contribution is -2.61. The topological polar surface area (TPSA) is 218 Å². The lowest BCUT2D eigenvalue weighted by atomic mass is 9.98. The molecule has 1 fully saturated rings. The van der Waals surface area contributed by atoms with E-state index >= 15 is 0 Å². The molecule has 0 aromatic rings. The van der Waals surface area contributed by atoms with Crippen molar-refractivity contribution in [1.29, 1.82) is 0 Å². The van der Waals surface area contributed by atoms with Crippen molar-refractivity contribution in [2.24, 2.45) is 0 Å². The minimum absolute atomic E-state index is 0.766. The Hall–Kier alpha value is -0.930. The van der Waals surface area contributed by atoms with E-state index in [1.54, 1.807) is 0 Å². The monoisotopic (exact) mass is 358 g/mol. The molecule has 1 rings (SSSR count). The maximum Gasteiger partial charge on any atom is 0.335 e.